The van der Waals surface area contributed by atoms with Crippen molar-refractivity contribution in [3.63, 3.8) is 0 Å². The molecule has 0 atom stereocenters. The van der Waals surface area contributed by atoms with Crippen molar-refractivity contribution in [2.75, 3.05) is 0 Å². The summed E-state index contributed by atoms with van der Waals surface area (Å²) in [5.74, 6) is 0. The summed E-state index contributed by atoms with van der Waals surface area (Å²) in [6, 6.07) is 11.0. The molecule has 1 N–H and O–H groups in total. The number of pyridine rings is 1. The van der Waals surface area contributed by atoms with Gasteiger partial charge in [0.15, 0.2) is 0 Å². The fourth-order valence-corrected chi connectivity index (χ4v) is 4.50. The summed E-state index contributed by atoms with van der Waals surface area (Å²) in [6.45, 7) is 3.65. The van der Waals surface area contributed by atoms with Gasteiger partial charge in [0.1, 0.15) is 0 Å². The quantitative estimate of drug-likeness (QED) is 0.937. The minimum absolute atomic E-state index is 0.335. The van der Waals surface area contributed by atoms with Crippen molar-refractivity contribution in [1.29, 1.82) is 0 Å². The first kappa shape index (κ1) is 16.1. The smallest absolute Gasteiger partial charge is 0.241 e. The van der Waals surface area contributed by atoms with E-state index in [4.69, 9.17) is 0 Å². The van der Waals surface area contributed by atoms with Crippen molar-refractivity contribution < 1.29 is 8.42 Å². The number of fused-ring (bicyclic) bond motifs is 1. The molecule has 0 unspecified atom stereocenters. The number of hydrogen-bond acceptors (Lipinski definition) is 3. The zero-order valence-corrected chi connectivity index (χ0v) is 14.4. The van der Waals surface area contributed by atoms with Crippen LogP contribution in [0.2, 0.25) is 0 Å². The van der Waals surface area contributed by atoms with Crippen LogP contribution in [0.3, 0.4) is 0 Å². The molecule has 5 heteroatoms. The predicted molar refractivity (Wildman–Crippen MR) is 90.7 cm³/mol. The van der Waals surface area contributed by atoms with Crippen LogP contribution in [0.25, 0.3) is 0 Å². The lowest BCUT2D eigenvalue weighted by molar-refractivity contribution is 0.460. The lowest BCUT2D eigenvalue weighted by atomic mass is 9.92. The summed E-state index contributed by atoms with van der Waals surface area (Å²) in [4.78, 5) is 4.61. The molecule has 1 aliphatic rings. The minimum Gasteiger partial charge on any atom is -0.259 e. The largest absolute Gasteiger partial charge is 0.259 e. The topological polar surface area (TPSA) is 59.1 Å². The molecule has 0 saturated heterocycles. The maximum absolute atomic E-state index is 12.8. The number of nitrogens with one attached hydrogen (secondary N) is 1. The molecule has 0 radical (unpaired) electrons. The van der Waals surface area contributed by atoms with Gasteiger partial charge in [-0.15, -0.1) is 0 Å². The van der Waals surface area contributed by atoms with Crippen molar-refractivity contribution in [2.45, 2.75) is 50.0 Å². The van der Waals surface area contributed by atoms with Crippen LogP contribution in [0, 0.1) is 0 Å². The van der Waals surface area contributed by atoms with E-state index in [1.807, 2.05) is 44.2 Å². The van der Waals surface area contributed by atoms with Gasteiger partial charge in [-0.3, -0.25) is 4.98 Å². The number of benzene rings is 1. The Morgan fingerprint density at radius 2 is 1.78 bits per heavy atom. The SMILES string of the molecule is CC(C)(NS(=O)(=O)c1ccc2c(c1)CCCC2)c1ccccn1. The van der Waals surface area contributed by atoms with Gasteiger partial charge in [0.25, 0.3) is 0 Å². The molecule has 1 aromatic carbocycles. The summed E-state index contributed by atoms with van der Waals surface area (Å²) in [5.41, 5.74) is 2.37. The summed E-state index contributed by atoms with van der Waals surface area (Å²) >= 11 is 0. The molecule has 0 spiro atoms. The van der Waals surface area contributed by atoms with Crippen LogP contribution in [0.1, 0.15) is 43.5 Å². The zero-order valence-electron chi connectivity index (χ0n) is 13.5. The van der Waals surface area contributed by atoms with E-state index in [1.165, 1.54) is 12.0 Å². The van der Waals surface area contributed by atoms with E-state index in [-0.39, 0.29) is 0 Å². The number of hydrogen-bond donors (Lipinski definition) is 1. The second-order valence-corrected chi connectivity index (χ2v) is 8.27. The van der Waals surface area contributed by atoms with E-state index in [2.05, 4.69) is 9.71 Å². The predicted octanol–water partition coefficient (Wildman–Crippen LogP) is 3.17. The maximum Gasteiger partial charge on any atom is 0.241 e. The fraction of sp³-hybridized carbons (Fsp3) is 0.389. The average molecular weight is 330 g/mol. The zero-order chi connectivity index (χ0) is 16.5. The van der Waals surface area contributed by atoms with Crippen LogP contribution >= 0.6 is 0 Å². The van der Waals surface area contributed by atoms with Crippen LogP contribution in [0.15, 0.2) is 47.5 Å². The van der Waals surface area contributed by atoms with Crippen LogP contribution in [-0.2, 0) is 28.4 Å². The molecule has 3 rings (SSSR count). The Hall–Kier alpha value is -1.72. The number of aryl methyl sites for hydroxylation is 2. The molecule has 0 saturated carbocycles. The van der Waals surface area contributed by atoms with Gasteiger partial charge in [-0.25, -0.2) is 8.42 Å². The first-order valence-electron chi connectivity index (χ1n) is 7.96. The van der Waals surface area contributed by atoms with Crippen molar-refractivity contribution in [3.05, 3.63) is 59.4 Å². The van der Waals surface area contributed by atoms with Gasteiger partial charge >= 0.3 is 0 Å². The highest BCUT2D eigenvalue weighted by atomic mass is 32.2. The monoisotopic (exact) mass is 330 g/mol. The van der Waals surface area contributed by atoms with E-state index in [9.17, 15) is 8.42 Å². The molecule has 0 bridgehead atoms. The molecular formula is C18H22N2O2S. The van der Waals surface area contributed by atoms with E-state index in [1.54, 1.807) is 12.3 Å². The standard InChI is InChI=1S/C18H22N2O2S/c1-18(2,17-9-5-6-12-19-17)20-23(21,22)16-11-10-14-7-3-4-8-15(14)13-16/h5-6,9-13,20H,3-4,7-8H2,1-2H3. The Bertz CT molecular complexity index is 799. The summed E-state index contributed by atoms with van der Waals surface area (Å²) in [7, 11) is -3.59. The highest BCUT2D eigenvalue weighted by Gasteiger charge is 2.29. The van der Waals surface area contributed by atoms with Gasteiger partial charge in [0.05, 0.1) is 16.1 Å². The van der Waals surface area contributed by atoms with E-state index >= 15 is 0 Å². The van der Waals surface area contributed by atoms with Gasteiger partial charge < -0.3 is 0 Å². The second kappa shape index (κ2) is 6.06. The third-order valence-electron chi connectivity index (χ3n) is 4.33. The van der Waals surface area contributed by atoms with E-state index in [0.717, 1.165) is 24.8 Å². The Morgan fingerprint density at radius 1 is 1.04 bits per heavy atom. The minimum atomic E-state index is -3.59. The molecule has 1 aromatic heterocycles. The van der Waals surface area contributed by atoms with Crippen LogP contribution < -0.4 is 4.72 Å². The van der Waals surface area contributed by atoms with Crippen molar-refractivity contribution in [1.82, 2.24) is 9.71 Å². The number of nitrogens with zero attached hydrogens (tertiary/aromatic N) is 1. The van der Waals surface area contributed by atoms with E-state index in [0.29, 0.717) is 10.6 Å². The summed E-state index contributed by atoms with van der Waals surface area (Å²) < 4.78 is 28.3. The van der Waals surface area contributed by atoms with Crippen molar-refractivity contribution in [3.8, 4) is 0 Å². The third-order valence-corrected chi connectivity index (χ3v) is 5.98. The van der Waals surface area contributed by atoms with Gasteiger partial charge in [0, 0.05) is 6.20 Å². The maximum atomic E-state index is 12.8. The molecule has 0 amide bonds. The first-order chi connectivity index (χ1) is 10.9. The molecular weight excluding hydrogens is 308 g/mol. The van der Waals surface area contributed by atoms with Crippen LogP contribution in [0.5, 0.6) is 0 Å². The third kappa shape index (κ3) is 3.46. The van der Waals surface area contributed by atoms with Crippen molar-refractivity contribution >= 4 is 10.0 Å². The second-order valence-electron chi connectivity index (χ2n) is 6.58. The Kier molecular flexibility index (Phi) is 4.25. The molecule has 2 aromatic rings. The Morgan fingerprint density at radius 3 is 2.48 bits per heavy atom. The molecule has 1 heterocycles. The fourth-order valence-electron chi connectivity index (χ4n) is 3.06. The van der Waals surface area contributed by atoms with Gasteiger partial charge in [-0.2, -0.15) is 4.72 Å². The summed E-state index contributed by atoms with van der Waals surface area (Å²) in [6.07, 6.45) is 5.99. The van der Waals surface area contributed by atoms with Gasteiger partial charge in [-0.1, -0.05) is 12.1 Å². The van der Waals surface area contributed by atoms with Crippen molar-refractivity contribution in [2.24, 2.45) is 0 Å². The first-order valence-corrected chi connectivity index (χ1v) is 9.44. The Labute approximate surface area is 138 Å². The molecule has 122 valence electrons. The van der Waals surface area contributed by atoms with Crippen LogP contribution in [-0.4, -0.2) is 13.4 Å². The number of rotatable bonds is 4. The van der Waals surface area contributed by atoms with E-state index < -0.39 is 15.6 Å². The molecule has 4 nitrogen and oxygen atoms in total. The normalized spacial score (nSPS) is 15.2. The Balaban J connectivity index is 1.90. The molecule has 23 heavy (non-hydrogen) atoms. The van der Waals surface area contributed by atoms with Gasteiger partial charge in [-0.05, 0) is 74.9 Å². The number of sulfonamides is 1. The lowest BCUT2D eigenvalue weighted by Gasteiger charge is -2.26. The molecule has 1 aliphatic carbocycles. The summed E-state index contributed by atoms with van der Waals surface area (Å²) in [5, 5.41) is 0. The average Bonchev–Trinajstić information content (AvgIpc) is 2.54. The molecule has 0 fully saturated rings. The molecule has 0 aliphatic heterocycles. The number of aromatic nitrogens is 1. The highest BCUT2D eigenvalue weighted by Crippen LogP contribution is 2.26. The lowest BCUT2D eigenvalue weighted by Crippen LogP contribution is -2.41. The highest BCUT2D eigenvalue weighted by molar-refractivity contribution is 7.89. The van der Waals surface area contributed by atoms with Crippen LogP contribution in [0.4, 0.5) is 0 Å². The van der Waals surface area contributed by atoms with Gasteiger partial charge in [0.2, 0.25) is 10.0 Å².